The summed E-state index contributed by atoms with van der Waals surface area (Å²) in [5, 5.41) is 17.7. The van der Waals surface area contributed by atoms with Crippen molar-refractivity contribution in [1.29, 1.82) is 0 Å². The molecule has 8 heteroatoms. The molecule has 0 aliphatic heterocycles. The van der Waals surface area contributed by atoms with Gasteiger partial charge in [0.25, 0.3) is 0 Å². The second-order valence-electron chi connectivity index (χ2n) is 4.30. The summed E-state index contributed by atoms with van der Waals surface area (Å²) in [5.74, 6) is -0.539. The molecular weight excluding hydrogens is 276 g/mol. The molecule has 0 saturated carbocycles. The lowest BCUT2D eigenvalue weighted by atomic mass is 10.1. The Morgan fingerprint density at radius 2 is 2.10 bits per heavy atom. The number of carbonyl (C=O) groups excluding carboxylic acids is 1. The molecule has 1 atom stereocenters. The molecule has 0 fully saturated rings. The highest BCUT2D eigenvalue weighted by Gasteiger charge is 2.27. The molecule has 1 N–H and O–H groups in total. The first-order valence-corrected chi connectivity index (χ1v) is 6.10. The summed E-state index contributed by atoms with van der Waals surface area (Å²) >= 11 is 0. The van der Waals surface area contributed by atoms with Crippen LogP contribution < -0.4 is 5.32 Å². The highest BCUT2D eigenvalue weighted by atomic mass is 16.6. The van der Waals surface area contributed by atoms with E-state index in [0.717, 1.165) is 0 Å². The molecule has 1 heterocycles. The van der Waals surface area contributed by atoms with Crippen LogP contribution in [0.4, 0.5) is 11.5 Å². The van der Waals surface area contributed by atoms with Crippen LogP contribution in [0.5, 0.6) is 0 Å². The van der Waals surface area contributed by atoms with Crippen LogP contribution in [-0.2, 0) is 16.6 Å². The smallest absolute Gasteiger partial charge is 0.333 e. The average molecular weight is 290 g/mol. The minimum Gasteiger partial charge on any atom is -0.467 e. The minimum atomic E-state index is -0.871. The molecule has 0 aliphatic carbocycles. The largest absolute Gasteiger partial charge is 0.467 e. The van der Waals surface area contributed by atoms with Crippen molar-refractivity contribution in [3.05, 3.63) is 52.2 Å². The van der Waals surface area contributed by atoms with Crippen LogP contribution in [0.15, 0.2) is 36.5 Å². The van der Waals surface area contributed by atoms with Crippen molar-refractivity contribution in [3.63, 3.8) is 0 Å². The number of esters is 1. The zero-order chi connectivity index (χ0) is 15.4. The number of methoxy groups -OCH3 is 1. The zero-order valence-electron chi connectivity index (χ0n) is 11.5. The van der Waals surface area contributed by atoms with Crippen molar-refractivity contribution in [2.45, 2.75) is 6.04 Å². The van der Waals surface area contributed by atoms with Gasteiger partial charge in [-0.2, -0.15) is 0 Å². The molecular formula is C13H14N4O4. The average Bonchev–Trinajstić information content (AvgIpc) is 2.86. The number of carbonyl (C=O) groups is 1. The SMILES string of the molecule is COC(=O)C(Nc1nn(C)cc1[N+](=O)[O-])c1ccccc1. The maximum absolute atomic E-state index is 11.9. The van der Waals surface area contributed by atoms with E-state index in [4.69, 9.17) is 4.74 Å². The van der Waals surface area contributed by atoms with Crippen molar-refractivity contribution in [2.24, 2.45) is 7.05 Å². The first-order chi connectivity index (χ1) is 10.0. The fourth-order valence-electron chi connectivity index (χ4n) is 1.89. The van der Waals surface area contributed by atoms with E-state index >= 15 is 0 Å². The lowest BCUT2D eigenvalue weighted by molar-refractivity contribution is -0.384. The summed E-state index contributed by atoms with van der Waals surface area (Å²) < 4.78 is 6.05. The summed E-state index contributed by atoms with van der Waals surface area (Å²) in [6, 6.07) is 7.91. The quantitative estimate of drug-likeness (QED) is 0.510. The number of nitrogens with zero attached hydrogens (tertiary/aromatic N) is 3. The molecule has 2 aromatic rings. The number of aromatic nitrogens is 2. The second kappa shape index (κ2) is 6.04. The molecule has 0 aliphatic rings. The zero-order valence-corrected chi connectivity index (χ0v) is 11.5. The Kier molecular flexibility index (Phi) is 4.17. The summed E-state index contributed by atoms with van der Waals surface area (Å²) in [6.45, 7) is 0. The molecule has 1 aromatic heterocycles. The molecule has 0 bridgehead atoms. The lowest BCUT2D eigenvalue weighted by Gasteiger charge is -2.16. The van der Waals surface area contributed by atoms with E-state index in [2.05, 4.69) is 10.4 Å². The first kappa shape index (κ1) is 14.5. The molecule has 1 aromatic carbocycles. The number of hydrogen-bond acceptors (Lipinski definition) is 6. The monoisotopic (exact) mass is 290 g/mol. The van der Waals surface area contributed by atoms with Crippen molar-refractivity contribution in [2.75, 3.05) is 12.4 Å². The summed E-state index contributed by atoms with van der Waals surface area (Å²) in [6.07, 6.45) is 1.27. The molecule has 0 radical (unpaired) electrons. The van der Waals surface area contributed by atoms with Crippen molar-refractivity contribution >= 4 is 17.5 Å². The predicted molar refractivity (Wildman–Crippen MR) is 74.7 cm³/mol. The number of nitrogens with one attached hydrogen (secondary N) is 1. The Labute approximate surface area is 120 Å². The fourth-order valence-corrected chi connectivity index (χ4v) is 1.89. The number of ether oxygens (including phenoxy) is 1. The van der Waals surface area contributed by atoms with E-state index < -0.39 is 16.9 Å². The van der Waals surface area contributed by atoms with Gasteiger partial charge in [0.15, 0.2) is 6.04 Å². The second-order valence-corrected chi connectivity index (χ2v) is 4.30. The van der Waals surface area contributed by atoms with Gasteiger partial charge in [-0.15, -0.1) is 5.10 Å². The van der Waals surface area contributed by atoms with Gasteiger partial charge in [-0.25, -0.2) is 4.79 Å². The number of aryl methyl sites for hydroxylation is 1. The van der Waals surface area contributed by atoms with Gasteiger partial charge < -0.3 is 10.1 Å². The number of nitro groups is 1. The number of anilines is 1. The van der Waals surface area contributed by atoms with Crippen LogP contribution in [0.2, 0.25) is 0 Å². The summed E-state index contributed by atoms with van der Waals surface area (Å²) in [5.41, 5.74) is 0.423. The van der Waals surface area contributed by atoms with Crippen LogP contribution in [0, 0.1) is 10.1 Å². The summed E-state index contributed by atoms with van der Waals surface area (Å²) in [4.78, 5) is 22.3. The fraction of sp³-hybridized carbons (Fsp3) is 0.231. The van der Waals surface area contributed by atoms with Gasteiger partial charge in [-0.05, 0) is 5.56 Å². The van der Waals surface area contributed by atoms with Gasteiger partial charge >= 0.3 is 11.7 Å². The van der Waals surface area contributed by atoms with E-state index in [0.29, 0.717) is 5.56 Å². The van der Waals surface area contributed by atoms with Gasteiger partial charge in [0.05, 0.1) is 12.0 Å². The normalized spacial score (nSPS) is 11.7. The molecule has 1 unspecified atom stereocenters. The molecule has 0 saturated heterocycles. The molecule has 21 heavy (non-hydrogen) atoms. The Bertz CT molecular complexity index is 653. The summed E-state index contributed by atoms with van der Waals surface area (Å²) in [7, 11) is 2.82. The molecule has 110 valence electrons. The minimum absolute atomic E-state index is 0.0155. The van der Waals surface area contributed by atoms with Gasteiger partial charge in [-0.3, -0.25) is 14.8 Å². The van der Waals surface area contributed by atoms with Crippen LogP contribution in [-0.4, -0.2) is 27.8 Å². The standard InChI is InChI=1S/C13H14N4O4/c1-16-8-10(17(19)20)12(15-16)14-11(13(18)21-2)9-6-4-3-5-7-9/h3-8,11H,1-2H3,(H,14,15). The van der Waals surface area contributed by atoms with Gasteiger partial charge in [-0.1, -0.05) is 30.3 Å². The first-order valence-electron chi connectivity index (χ1n) is 6.10. The van der Waals surface area contributed by atoms with Gasteiger partial charge in [0.1, 0.15) is 6.20 Å². The Hall–Kier alpha value is -2.90. The Morgan fingerprint density at radius 3 is 2.67 bits per heavy atom. The Balaban J connectivity index is 2.36. The van der Waals surface area contributed by atoms with E-state index in [1.807, 2.05) is 0 Å². The van der Waals surface area contributed by atoms with Gasteiger partial charge in [0.2, 0.25) is 5.82 Å². The highest BCUT2D eigenvalue weighted by molar-refractivity contribution is 5.81. The van der Waals surface area contributed by atoms with Crippen LogP contribution >= 0.6 is 0 Å². The number of rotatable bonds is 5. The topological polar surface area (TPSA) is 99.3 Å². The molecule has 2 rings (SSSR count). The van der Waals surface area contributed by atoms with E-state index in [1.54, 1.807) is 37.4 Å². The maximum atomic E-state index is 11.9. The van der Waals surface area contributed by atoms with Crippen molar-refractivity contribution in [3.8, 4) is 0 Å². The molecule has 0 spiro atoms. The number of benzene rings is 1. The molecule has 0 amide bonds. The van der Waals surface area contributed by atoms with Crippen molar-refractivity contribution < 1.29 is 14.5 Å². The van der Waals surface area contributed by atoms with Crippen LogP contribution in [0.1, 0.15) is 11.6 Å². The van der Waals surface area contributed by atoms with Crippen molar-refractivity contribution in [1.82, 2.24) is 9.78 Å². The third kappa shape index (κ3) is 3.16. The van der Waals surface area contributed by atoms with Crippen LogP contribution in [0.3, 0.4) is 0 Å². The van der Waals surface area contributed by atoms with Gasteiger partial charge in [0, 0.05) is 7.05 Å². The van der Waals surface area contributed by atoms with Crippen LogP contribution in [0.25, 0.3) is 0 Å². The Morgan fingerprint density at radius 1 is 1.43 bits per heavy atom. The molecule has 8 nitrogen and oxygen atoms in total. The maximum Gasteiger partial charge on any atom is 0.333 e. The highest BCUT2D eigenvalue weighted by Crippen LogP contribution is 2.27. The predicted octanol–water partition coefficient (Wildman–Crippen LogP) is 1.65. The van der Waals surface area contributed by atoms with E-state index in [9.17, 15) is 14.9 Å². The number of hydrogen-bond donors (Lipinski definition) is 1. The van der Waals surface area contributed by atoms with E-state index in [1.165, 1.54) is 18.0 Å². The van der Waals surface area contributed by atoms with E-state index in [-0.39, 0.29) is 11.5 Å². The lowest BCUT2D eigenvalue weighted by Crippen LogP contribution is -2.23. The third-order valence-electron chi connectivity index (χ3n) is 2.86. The third-order valence-corrected chi connectivity index (χ3v) is 2.86.